The molecule has 1 heterocycles. The predicted molar refractivity (Wildman–Crippen MR) is 82.2 cm³/mol. The second-order valence-electron chi connectivity index (χ2n) is 5.84. The summed E-state index contributed by atoms with van der Waals surface area (Å²) in [5, 5.41) is 23.5. The van der Waals surface area contributed by atoms with Crippen LogP contribution in [0.2, 0.25) is 5.02 Å². The van der Waals surface area contributed by atoms with Crippen molar-refractivity contribution in [3.05, 3.63) is 28.8 Å². The maximum Gasteiger partial charge on any atom is 0.0990 e. The van der Waals surface area contributed by atoms with Gasteiger partial charge in [-0.05, 0) is 36.2 Å². The van der Waals surface area contributed by atoms with Gasteiger partial charge < -0.3 is 20.4 Å². The van der Waals surface area contributed by atoms with Crippen LogP contribution in [-0.4, -0.2) is 42.1 Å². The molecule has 5 heteroatoms. The van der Waals surface area contributed by atoms with E-state index in [1.54, 1.807) is 0 Å². The lowest BCUT2D eigenvalue weighted by Gasteiger charge is -2.22. The van der Waals surface area contributed by atoms with Gasteiger partial charge in [0.05, 0.1) is 12.2 Å². The van der Waals surface area contributed by atoms with Crippen LogP contribution in [0.1, 0.15) is 19.4 Å². The third-order valence-corrected chi connectivity index (χ3v) is 3.74. The van der Waals surface area contributed by atoms with Gasteiger partial charge in [0.15, 0.2) is 0 Å². The third kappa shape index (κ3) is 3.85. The smallest absolute Gasteiger partial charge is 0.0990 e. The molecule has 112 valence electrons. The van der Waals surface area contributed by atoms with Gasteiger partial charge in [0, 0.05) is 30.3 Å². The Balaban J connectivity index is 2.11. The fourth-order valence-corrected chi connectivity index (χ4v) is 2.66. The monoisotopic (exact) mass is 298 g/mol. The van der Waals surface area contributed by atoms with Gasteiger partial charge in [0.1, 0.15) is 0 Å². The van der Waals surface area contributed by atoms with Crippen LogP contribution in [0.3, 0.4) is 0 Å². The summed E-state index contributed by atoms with van der Waals surface area (Å²) in [4.78, 5) is 2.01. The maximum atomic E-state index is 9.69. The summed E-state index contributed by atoms with van der Waals surface area (Å²) in [6, 6.07) is 5.75. The Hall–Kier alpha value is -0.810. The van der Waals surface area contributed by atoms with Crippen LogP contribution < -0.4 is 10.2 Å². The zero-order valence-electron chi connectivity index (χ0n) is 12.0. The summed E-state index contributed by atoms with van der Waals surface area (Å²) in [7, 11) is 0. The van der Waals surface area contributed by atoms with Gasteiger partial charge in [-0.3, -0.25) is 0 Å². The van der Waals surface area contributed by atoms with E-state index in [1.807, 2.05) is 23.1 Å². The van der Waals surface area contributed by atoms with Crippen molar-refractivity contribution < 1.29 is 10.2 Å². The highest BCUT2D eigenvalue weighted by molar-refractivity contribution is 6.30. The quantitative estimate of drug-likeness (QED) is 0.773. The highest BCUT2D eigenvalue weighted by Crippen LogP contribution is 2.27. The molecule has 4 nitrogen and oxygen atoms in total. The predicted octanol–water partition coefficient (Wildman–Crippen LogP) is 1.63. The number of nitrogens with zero attached hydrogens (tertiary/aromatic N) is 1. The van der Waals surface area contributed by atoms with Crippen molar-refractivity contribution in [2.75, 3.05) is 24.5 Å². The van der Waals surface area contributed by atoms with Crippen LogP contribution in [0.5, 0.6) is 0 Å². The van der Waals surface area contributed by atoms with Crippen molar-refractivity contribution in [3.8, 4) is 0 Å². The van der Waals surface area contributed by atoms with Crippen molar-refractivity contribution >= 4 is 17.3 Å². The number of hydrogen-bond acceptors (Lipinski definition) is 4. The highest BCUT2D eigenvalue weighted by atomic mass is 35.5. The van der Waals surface area contributed by atoms with E-state index in [2.05, 4.69) is 19.2 Å². The van der Waals surface area contributed by atoms with Gasteiger partial charge in [0.25, 0.3) is 0 Å². The molecule has 0 aliphatic carbocycles. The first-order valence-corrected chi connectivity index (χ1v) is 7.45. The van der Waals surface area contributed by atoms with Crippen molar-refractivity contribution in [2.24, 2.45) is 5.92 Å². The molecule has 1 fully saturated rings. The average Bonchev–Trinajstić information content (AvgIpc) is 2.69. The van der Waals surface area contributed by atoms with E-state index < -0.39 is 12.2 Å². The van der Waals surface area contributed by atoms with E-state index in [1.165, 1.54) is 0 Å². The summed E-state index contributed by atoms with van der Waals surface area (Å²) in [5.41, 5.74) is 2.13. The number of aliphatic hydroxyl groups is 2. The molecule has 2 unspecified atom stereocenters. The lowest BCUT2D eigenvalue weighted by atomic mass is 10.1. The van der Waals surface area contributed by atoms with Gasteiger partial charge in [-0.25, -0.2) is 0 Å². The molecule has 2 rings (SSSR count). The van der Waals surface area contributed by atoms with Crippen molar-refractivity contribution in [3.63, 3.8) is 0 Å². The topological polar surface area (TPSA) is 55.7 Å². The van der Waals surface area contributed by atoms with E-state index in [0.29, 0.717) is 24.0 Å². The van der Waals surface area contributed by atoms with Crippen LogP contribution in [0, 0.1) is 5.92 Å². The first kappa shape index (κ1) is 15.6. The molecule has 0 saturated carbocycles. The summed E-state index contributed by atoms with van der Waals surface area (Å²) in [5.74, 6) is 0.591. The largest absolute Gasteiger partial charge is 0.389 e. The number of β-amino-alcohol motifs (C(OH)–C–C–N with tert-alkyl or cyclic N) is 2. The molecular formula is C15H23ClN2O2. The number of nitrogens with one attached hydrogen (secondary N) is 1. The van der Waals surface area contributed by atoms with Gasteiger partial charge >= 0.3 is 0 Å². The Labute approximate surface area is 125 Å². The van der Waals surface area contributed by atoms with E-state index in [4.69, 9.17) is 11.6 Å². The number of rotatable bonds is 5. The zero-order chi connectivity index (χ0) is 14.7. The molecule has 3 N–H and O–H groups in total. The van der Waals surface area contributed by atoms with Gasteiger partial charge in [0.2, 0.25) is 0 Å². The van der Waals surface area contributed by atoms with Crippen LogP contribution in [-0.2, 0) is 6.54 Å². The minimum absolute atomic E-state index is 0.458. The Morgan fingerprint density at radius 3 is 2.55 bits per heavy atom. The molecule has 1 aromatic carbocycles. The molecule has 1 saturated heterocycles. The maximum absolute atomic E-state index is 9.69. The summed E-state index contributed by atoms with van der Waals surface area (Å²) >= 11 is 6.08. The van der Waals surface area contributed by atoms with Gasteiger partial charge in [-0.1, -0.05) is 25.4 Å². The molecule has 0 radical (unpaired) electrons. The molecule has 20 heavy (non-hydrogen) atoms. The van der Waals surface area contributed by atoms with E-state index in [9.17, 15) is 10.2 Å². The van der Waals surface area contributed by atoms with Crippen molar-refractivity contribution in [1.82, 2.24) is 5.32 Å². The van der Waals surface area contributed by atoms with Crippen LogP contribution in [0.25, 0.3) is 0 Å². The minimum atomic E-state index is -0.679. The molecule has 1 aliphatic rings. The van der Waals surface area contributed by atoms with Crippen molar-refractivity contribution in [1.29, 1.82) is 0 Å². The number of anilines is 1. The average molecular weight is 299 g/mol. The van der Waals surface area contributed by atoms with Crippen LogP contribution in [0.15, 0.2) is 18.2 Å². The Bertz CT molecular complexity index is 443. The van der Waals surface area contributed by atoms with E-state index in [0.717, 1.165) is 24.3 Å². The van der Waals surface area contributed by atoms with Gasteiger partial charge in [-0.15, -0.1) is 0 Å². The summed E-state index contributed by atoms with van der Waals surface area (Å²) in [6.07, 6.45) is -1.36. The Morgan fingerprint density at radius 1 is 1.30 bits per heavy atom. The van der Waals surface area contributed by atoms with Crippen molar-refractivity contribution in [2.45, 2.75) is 32.6 Å². The zero-order valence-corrected chi connectivity index (χ0v) is 12.8. The highest BCUT2D eigenvalue weighted by Gasteiger charge is 2.30. The molecule has 2 atom stereocenters. The number of benzene rings is 1. The molecule has 0 bridgehead atoms. The normalized spacial score (nSPS) is 22.8. The van der Waals surface area contributed by atoms with E-state index >= 15 is 0 Å². The molecule has 1 aliphatic heterocycles. The summed E-state index contributed by atoms with van der Waals surface area (Å²) in [6.45, 7) is 6.92. The summed E-state index contributed by atoms with van der Waals surface area (Å²) < 4.78 is 0. The lowest BCUT2D eigenvalue weighted by Crippen LogP contribution is -2.25. The lowest BCUT2D eigenvalue weighted by molar-refractivity contribution is 0.0572. The van der Waals surface area contributed by atoms with E-state index in [-0.39, 0.29) is 0 Å². The minimum Gasteiger partial charge on any atom is -0.389 e. The molecule has 0 aromatic heterocycles. The molecule has 1 aromatic rings. The third-order valence-electron chi connectivity index (χ3n) is 3.51. The second-order valence-corrected chi connectivity index (χ2v) is 6.27. The first-order chi connectivity index (χ1) is 9.47. The Morgan fingerprint density at radius 2 is 1.95 bits per heavy atom. The number of aliphatic hydroxyl groups excluding tert-OH is 2. The van der Waals surface area contributed by atoms with Gasteiger partial charge in [-0.2, -0.15) is 0 Å². The first-order valence-electron chi connectivity index (χ1n) is 7.07. The number of hydrogen-bond donors (Lipinski definition) is 3. The molecule has 0 amide bonds. The fourth-order valence-electron chi connectivity index (χ4n) is 2.47. The number of halogens is 1. The van der Waals surface area contributed by atoms with Crippen LogP contribution in [0.4, 0.5) is 5.69 Å². The van der Waals surface area contributed by atoms with Crippen LogP contribution >= 0.6 is 11.6 Å². The molecule has 0 spiro atoms. The SMILES string of the molecule is CC(C)CNCc1cc(Cl)ccc1N1CC(O)C(O)C1. The molecular weight excluding hydrogens is 276 g/mol. The fraction of sp³-hybridized carbons (Fsp3) is 0.600. The standard InChI is InChI=1S/C15H23ClN2O2/c1-10(2)6-17-7-11-5-12(16)3-4-13(11)18-8-14(19)15(20)9-18/h3-5,10,14-15,17,19-20H,6-9H2,1-2H3. The second kappa shape index (κ2) is 6.76. The Kier molecular flexibility index (Phi) is 5.27.